The fourth-order valence-electron chi connectivity index (χ4n) is 4.43. The van der Waals surface area contributed by atoms with E-state index in [1.807, 2.05) is 34.6 Å². The third-order valence-electron chi connectivity index (χ3n) is 7.52. The summed E-state index contributed by atoms with van der Waals surface area (Å²) in [5.41, 5.74) is 0. The van der Waals surface area contributed by atoms with Gasteiger partial charge in [0, 0.05) is 17.8 Å². The molecule has 41 heavy (non-hydrogen) atoms. The average Bonchev–Trinajstić information content (AvgIpc) is 3.53. The van der Waals surface area contributed by atoms with Crippen molar-refractivity contribution in [2.45, 2.75) is 119 Å². The van der Waals surface area contributed by atoms with E-state index in [1.165, 1.54) is 0 Å². The summed E-state index contributed by atoms with van der Waals surface area (Å²) in [6.45, 7) is 10.9. The number of ether oxygens (including phenoxy) is 4. The van der Waals surface area contributed by atoms with Crippen LogP contribution in [-0.2, 0) is 33.3 Å². The van der Waals surface area contributed by atoms with E-state index in [1.54, 1.807) is 6.92 Å². The molecule has 0 radical (unpaired) electrons. The van der Waals surface area contributed by atoms with Crippen molar-refractivity contribution in [2.24, 2.45) is 17.8 Å². The number of hydrogen-bond acceptors (Lipinski definition) is 12. The van der Waals surface area contributed by atoms with Crippen LogP contribution in [0.25, 0.3) is 0 Å². The molecular weight excluding hydrogens is 683 g/mol. The van der Waals surface area contributed by atoms with Gasteiger partial charge in [-0.2, -0.15) is 0 Å². The highest BCUT2D eigenvalue weighted by atomic mass is 79.9. The first kappa shape index (κ1) is 38.1. The fraction of sp³-hybridized carbons (Fsp3) is 0.885. The number of cyclic esters (lactones) is 3. The van der Waals surface area contributed by atoms with Gasteiger partial charge < -0.3 is 44.5 Å². The molecule has 0 aromatic heterocycles. The van der Waals surface area contributed by atoms with Gasteiger partial charge in [-0.25, -0.2) is 14.0 Å². The van der Waals surface area contributed by atoms with Gasteiger partial charge in [0.25, 0.3) is 4.58 Å². The summed E-state index contributed by atoms with van der Waals surface area (Å²) < 4.78 is 30.5. The number of carbonyl (C=O) groups is 3. The Hall–Kier alpha value is -0.940. The predicted molar refractivity (Wildman–Crippen MR) is 149 cm³/mol. The monoisotopic (exact) mass is 724 g/mol. The molecule has 15 heteroatoms. The van der Waals surface area contributed by atoms with Crippen LogP contribution in [0.4, 0.5) is 4.39 Å². The Morgan fingerprint density at radius 1 is 0.780 bits per heavy atom. The lowest BCUT2D eigenvalue weighted by Crippen LogP contribution is -2.33. The number of hydrogen-bond donors (Lipinski definition) is 5. The molecule has 4 saturated heterocycles. The quantitative estimate of drug-likeness (QED) is 0.160. The molecule has 5 N–H and O–H groups in total. The maximum Gasteiger partial charge on any atom is 0.355 e. The minimum atomic E-state index is -1.96. The highest BCUT2D eigenvalue weighted by molar-refractivity contribution is 9.10. The summed E-state index contributed by atoms with van der Waals surface area (Å²) in [5.74, 6) is -1.51. The largest absolute Gasteiger partial charge is 0.461 e. The maximum absolute atomic E-state index is 13.3. The number of rotatable bonds is 4. The predicted octanol–water partition coefficient (Wildman–Crippen LogP) is 1.48. The number of alkyl halides is 3. The van der Waals surface area contributed by atoms with Gasteiger partial charge in [-0.05, 0) is 35.2 Å². The summed E-state index contributed by atoms with van der Waals surface area (Å²) in [6, 6.07) is 0. The molecule has 4 aliphatic rings. The van der Waals surface area contributed by atoms with Gasteiger partial charge >= 0.3 is 17.9 Å². The van der Waals surface area contributed by atoms with Crippen molar-refractivity contribution in [3.63, 3.8) is 0 Å². The summed E-state index contributed by atoms with van der Waals surface area (Å²) >= 11 is 5.99. The molecule has 4 heterocycles. The molecule has 4 aliphatic heterocycles. The molecule has 0 amide bonds. The minimum absolute atomic E-state index is 0.0440. The summed E-state index contributed by atoms with van der Waals surface area (Å²) in [7, 11) is 0. The van der Waals surface area contributed by atoms with Gasteiger partial charge in [-0.3, -0.25) is 4.79 Å². The second-order valence-electron chi connectivity index (χ2n) is 10.3. The van der Waals surface area contributed by atoms with Crippen LogP contribution in [0.5, 0.6) is 0 Å². The first-order valence-electron chi connectivity index (χ1n) is 13.6. The average molecular weight is 726 g/mol. The van der Waals surface area contributed by atoms with Crippen molar-refractivity contribution >= 4 is 49.8 Å². The minimum Gasteiger partial charge on any atom is -0.461 e. The molecule has 0 bridgehead atoms. The Balaban J connectivity index is 0.000000274. The molecule has 0 aromatic rings. The third-order valence-corrected chi connectivity index (χ3v) is 9.77. The van der Waals surface area contributed by atoms with E-state index in [9.17, 15) is 18.8 Å². The van der Waals surface area contributed by atoms with Crippen LogP contribution in [-0.4, -0.2) is 108 Å². The Bertz CT molecular complexity index is 830. The van der Waals surface area contributed by atoms with Crippen LogP contribution in [0.1, 0.15) is 60.8 Å². The van der Waals surface area contributed by atoms with E-state index in [2.05, 4.69) is 36.6 Å². The van der Waals surface area contributed by atoms with Gasteiger partial charge in [0.05, 0.1) is 6.61 Å². The molecule has 0 spiro atoms. The van der Waals surface area contributed by atoms with Crippen LogP contribution in [0.2, 0.25) is 0 Å². The van der Waals surface area contributed by atoms with Gasteiger partial charge in [-0.1, -0.05) is 57.5 Å². The van der Waals surface area contributed by atoms with E-state index >= 15 is 0 Å². The van der Waals surface area contributed by atoms with Crippen LogP contribution in [0.15, 0.2) is 0 Å². The van der Waals surface area contributed by atoms with Gasteiger partial charge in [0.1, 0.15) is 41.5 Å². The Kier molecular flexibility index (Phi) is 15.6. The van der Waals surface area contributed by atoms with E-state index in [4.69, 9.17) is 39.7 Å². The maximum atomic E-state index is 13.3. The summed E-state index contributed by atoms with van der Waals surface area (Å²) in [4.78, 5) is 32.3. The van der Waals surface area contributed by atoms with Crippen molar-refractivity contribution in [3.05, 3.63) is 0 Å². The molecule has 0 saturated carbocycles. The number of aliphatic hydroxyl groups is 5. The molecule has 4 fully saturated rings. The lowest BCUT2D eigenvalue weighted by molar-refractivity contribution is -0.147. The van der Waals surface area contributed by atoms with Crippen LogP contribution in [0.3, 0.4) is 0 Å². The standard InChI is InChI=1S/C7H10BrFO2.C7H11BrO2.C7H12O3.C5H10O5/c1-3-5-4(2)7(8,9)6(10)11-5;2*1-3-5-4(2)6(8)7(9)10-5;6-1-2-3(7)4(8)5(9)10-2/h4-5H,3H2,1-2H3;4-6H,3H2,1-2H3;4-6,8H,3H2,1-2H3;2-9H,1H2/t4-,5+,7+;2*4-,5+,6-;2-,3+,4+,5?/m0001/s1. The molecular formula is C26H43Br2FO12. The summed E-state index contributed by atoms with van der Waals surface area (Å²) in [5, 5.41) is 44.0. The molecule has 0 aromatic carbocycles. The normalized spacial score (nSPS) is 43.0. The van der Waals surface area contributed by atoms with Crippen LogP contribution < -0.4 is 0 Å². The highest BCUT2D eigenvalue weighted by Crippen LogP contribution is 2.41. The lowest BCUT2D eigenvalue weighted by Gasteiger charge is -2.14. The van der Waals surface area contributed by atoms with Gasteiger partial charge in [0.2, 0.25) is 0 Å². The SMILES string of the molecule is CC[C@H]1OC(=O)[C@@H](Br)[C@H]1C.CC[C@H]1OC(=O)[C@@H](O)[C@H]1C.CC[C@H]1OC(=O)[C@@](F)(Br)[C@H]1C.OC[C@H]1OC(O)[C@@H](O)[C@H]1O. The lowest BCUT2D eigenvalue weighted by atomic mass is 10.00. The second-order valence-corrected chi connectivity index (χ2v) is 12.5. The zero-order valence-electron chi connectivity index (χ0n) is 24.0. The number of halogens is 3. The van der Waals surface area contributed by atoms with E-state index in [0.717, 1.165) is 12.8 Å². The van der Waals surface area contributed by atoms with Crippen molar-refractivity contribution < 1.29 is 63.3 Å². The van der Waals surface area contributed by atoms with Gasteiger partial charge in [0.15, 0.2) is 12.4 Å². The Labute approximate surface area is 256 Å². The van der Waals surface area contributed by atoms with Crippen molar-refractivity contribution in [1.29, 1.82) is 0 Å². The topological polar surface area (TPSA) is 189 Å². The van der Waals surface area contributed by atoms with Crippen molar-refractivity contribution in [3.8, 4) is 0 Å². The Morgan fingerprint density at radius 2 is 1.27 bits per heavy atom. The molecule has 12 nitrogen and oxygen atoms in total. The fourth-order valence-corrected chi connectivity index (χ4v) is 5.27. The number of carbonyl (C=O) groups excluding carboxylic acids is 3. The molecule has 240 valence electrons. The first-order chi connectivity index (χ1) is 19.0. The Morgan fingerprint density at radius 3 is 1.46 bits per heavy atom. The molecule has 1 unspecified atom stereocenters. The van der Waals surface area contributed by atoms with E-state index < -0.39 is 59.7 Å². The zero-order chi connectivity index (χ0) is 31.8. The van der Waals surface area contributed by atoms with E-state index in [-0.39, 0.29) is 35.0 Å². The number of esters is 3. The molecule has 13 atom stereocenters. The third kappa shape index (κ3) is 9.52. The molecule has 0 aliphatic carbocycles. The van der Waals surface area contributed by atoms with Gasteiger partial charge in [-0.15, -0.1) is 0 Å². The number of aliphatic hydroxyl groups excluding tert-OH is 5. The molecule has 4 rings (SSSR count). The smallest absolute Gasteiger partial charge is 0.355 e. The summed E-state index contributed by atoms with van der Waals surface area (Å²) in [6.07, 6.45) is -3.55. The van der Waals surface area contributed by atoms with Crippen LogP contribution in [0, 0.1) is 17.8 Å². The van der Waals surface area contributed by atoms with Crippen LogP contribution >= 0.6 is 31.9 Å². The van der Waals surface area contributed by atoms with Crippen molar-refractivity contribution in [1.82, 2.24) is 0 Å². The first-order valence-corrected chi connectivity index (χ1v) is 15.3. The van der Waals surface area contributed by atoms with Crippen molar-refractivity contribution in [2.75, 3.05) is 6.61 Å². The second kappa shape index (κ2) is 16.8. The van der Waals surface area contributed by atoms with E-state index in [0.29, 0.717) is 12.3 Å². The zero-order valence-corrected chi connectivity index (χ0v) is 27.2. The highest BCUT2D eigenvalue weighted by Gasteiger charge is 2.54.